The Bertz CT molecular complexity index is 536. The van der Waals surface area contributed by atoms with Crippen LogP contribution in [0.15, 0.2) is 18.2 Å². The van der Waals surface area contributed by atoms with Crippen LogP contribution in [0.1, 0.15) is 31.1 Å². The highest BCUT2D eigenvalue weighted by molar-refractivity contribution is 6.83. The van der Waals surface area contributed by atoms with Gasteiger partial charge in [0.05, 0.1) is 5.56 Å². The highest BCUT2D eigenvalue weighted by Gasteiger charge is 2.25. The van der Waals surface area contributed by atoms with E-state index in [2.05, 4.69) is 0 Å². The summed E-state index contributed by atoms with van der Waals surface area (Å²) in [6.07, 6.45) is 0. The van der Waals surface area contributed by atoms with Crippen LogP contribution < -0.4 is 0 Å². The number of carbonyl (C=O) groups is 4. The maximum absolute atomic E-state index is 11.4. The number of ketones is 1. The molecule has 0 heterocycles. The summed E-state index contributed by atoms with van der Waals surface area (Å²) in [6.45, 7) is 0. The standard InChI is InChI=1S/C10H3Cl3O4/c11-8(15)5-3-1-2-4(6(5)9(12)16)7(14)10(13)17/h1-3H. The average molecular weight is 293 g/mol. The third-order valence-corrected chi connectivity index (χ3v) is 2.46. The quantitative estimate of drug-likeness (QED) is 0.485. The lowest BCUT2D eigenvalue weighted by molar-refractivity contribution is -0.108. The van der Waals surface area contributed by atoms with Crippen LogP contribution in [0.25, 0.3) is 0 Å². The Balaban J connectivity index is 3.56. The van der Waals surface area contributed by atoms with Crippen LogP contribution in [0.4, 0.5) is 0 Å². The molecule has 1 aromatic carbocycles. The number of hydrogen-bond acceptors (Lipinski definition) is 4. The van der Waals surface area contributed by atoms with Crippen LogP contribution in [0.5, 0.6) is 0 Å². The fraction of sp³-hybridized carbons (Fsp3) is 0. The van der Waals surface area contributed by atoms with Crippen LogP contribution in [0.3, 0.4) is 0 Å². The molecule has 1 aromatic rings. The second-order valence-electron chi connectivity index (χ2n) is 2.88. The lowest BCUT2D eigenvalue weighted by Gasteiger charge is -2.05. The number of carbonyl (C=O) groups excluding carboxylic acids is 4. The molecule has 0 amide bonds. The summed E-state index contributed by atoms with van der Waals surface area (Å²) in [5, 5.41) is -3.33. The van der Waals surface area contributed by atoms with Crippen molar-refractivity contribution in [3.8, 4) is 0 Å². The molecule has 7 heteroatoms. The Morgan fingerprint density at radius 1 is 0.824 bits per heavy atom. The smallest absolute Gasteiger partial charge is 0.284 e. The van der Waals surface area contributed by atoms with Gasteiger partial charge < -0.3 is 0 Å². The Hall–Kier alpha value is -1.23. The van der Waals surface area contributed by atoms with Crippen LogP contribution in [-0.2, 0) is 4.79 Å². The van der Waals surface area contributed by atoms with Gasteiger partial charge in [0.25, 0.3) is 15.7 Å². The zero-order valence-corrected chi connectivity index (χ0v) is 10.3. The zero-order valence-electron chi connectivity index (χ0n) is 8.00. The summed E-state index contributed by atoms with van der Waals surface area (Å²) in [7, 11) is 0. The fourth-order valence-electron chi connectivity index (χ4n) is 1.22. The largest absolute Gasteiger partial charge is 0.293 e. The first-order chi connectivity index (χ1) is 7.86. The summed E-state index contributed by atoms with van der Waals surface area (Å²) in [5.74, 6) is -1.13. The first-order valence-electron chi connectivity index (χ1n) is 4.13. The van der Waals surface area contributed by atoms with Crippen molar-refractivity contribution in [2.45, 2.75) is 0 Å². The van der Waals surface area contributed by atoms with E-state index in [0.717, 1.165) is 6.07 Å². The monoisotopic (exact) mass is 292 g/mol. The van der Waals surface area contributed by atoms with Crippen molar-refractivity contribution in [3.05, 3.63) is 34.9 Å². The van der Waals surface area contributed by atoms with Gasteiger partial charge in [-0.05, 0) is 40.9 Å². The van der Waals surface area contributed by atoms with E-state index in [9.17, 15) is 19.2 Å². The van der Waals surface area contributed by atoms with E-state index in [-0.39, 0.29) is 11.1 Å². The molecule has 0 aliphatic heterocycles. The number of Topliss-reactive ketones (excluding diaryl/α,β-unsaturated/α-hetero) is 1. The Labute approximate surface area is 110 Å². The maximum Gasteiger partial charge on any atom is 0.293 e. The second kappa shape index (κ2) is 5.40. The Morgan fingerprint density at radius 2 is 1.35 bits per heavy atom. The van der Waals surface area contributed by atoms with Crippen LogP contribution >= 0.6 is 34.8 Å². The van der Waals surface area contributed by atoms with Crippen molar-refractivity contribution in [2.24, 2.45) is 0 Å². The van der Waals surface area contributed by atoms with Crippen molar-refractivity contribution < 1.29 is 19.2 Å². The van der Waals surface area contributed by atoms with E-state index in [1.54, 1.807) is 0 Å². The molecule has 1 rings (SSSR count). The van der Waals surface area contributed by atoms with Crippen molar-refractivity contribution >= 4 is 56.3 Å². The average Bonchev–Trinajstić information content (AvgIpc) is 2.26. The minimum absolute atomic E-state index is 0.254. The summed E-state index contributed by atoms with van der Waals surface area (Å²) in [4.78, 5) is 44.3. The molecule has 0 aliphatic carbocycles. The van der Waals surface area contributed by atoms with Gasteiger partial charge in [-0.25, -0.2) is 0 Å². The molecular weight excluding hydrogens is 290 g/mol. The van der Waals surface area contributed by atoms with Crippen molar-refractivity contribution in [3.63, 3.8) is 0 Å². The highest BCUT2D eigenvalue weighted by atomic mass is 35.5. The van der Waals surface area contributed by atoms with Gasteiger partial charge in [-0.3, -0.25) is 19.2 Å². The number of halogens is 3. The number of hydrogen-bond donors (Lipinski definition) is 0. The lowest BCUT2D eigenvalue weighted by atomic mass is 10.00. The molecule has 17 heavy (non-hydrogen) atoms. The van der Waals surface area contributed by atoms with Crippen LogP contribution in [-0.4, -0.2) is 21.5 Å². The zero-order chi connectivity index (χ0) is 13.2. The minimum atomic E-state index is -1.29. The van der Waals surface area contributed by atoms with E-state index in [0.29, 0.717) is 0 Å². The third kappa shape index (κ3) is 2.91. The lowest BCUT2D eigenvalue weighted by Crippen LogP contribution is -2.14. The van der Waals surface area contributed by atoms with Crippen LogP contribution in [0.2, 0.25) is 0 Å². The summed E-state index contributed by atoms with van der Waals surface area (Å²) in [6, 6.07) is 3.65. The van der Waals surface area contributed by atoms with Crippen molar-refractivity contribution in [2.75, 3.05) is 0 Å². The van der Waals surface area contributed by atoms with Crippen LogP contribution in [0, 0.1) is 0 Å². The molecule has 0 aromatic heterocycles. The topological polar surface area (TPSA) is 68.3 Å². The van der Waals surface area contributed by atoms with Crippen molar-refractivity contribution in [1.29, 1.82) is 0 Å². The minimum Gasteiger partial charge on any atom is -0.284 e. The Kier molecular flexibility index (Phi) is 4.40. The van der Waals surface area contributed by atoms with E-state index in [1.165, 1.54) is 12.1 Å². The molecule has 0 saturated heterocycles. The van der Waals surface area contributed by atoms with E-state index in [4.69, 9.17) is 34.8 Å². The molecule has 0 spiro atoms. The molecule has 0 bridgehead atoms. The summed E-state index contributed by atoms with van der Waals surface area (Å²) < 4.78 is 0. The maximum atomic E-state index is 11.4. The van der Waals surface area contributed by atoms with Gasteiger partial charge in [0, 0.05) is 11.1 Å². The molecule has 88 valence electrons. The molecule has 0 unspecified atom stereocenters. The predicted molar refractivity (Wildman–Crippen MR) is 62.0 cm³/mol. The molecule has 0 fully saturated rings. The fourth-order valence-corrected chi connectivity index (χ4v) is 1.69. The predicted octanol–water partition coefficient (Wildman–Crippen LogP) is 2.39. The van der Waals surface area contributed by atoms with E-state index < -0.39 is 27.1 Å². The van der Waals surface area contributed by atoms with Gasteiger partial charge in [-0.2, -0.15) is 0 Å². The molecule has 0 radical (unpaired) electrons. The number of benzene rings is 1. The first kappa shape index (κ1) is 13.8. The van der Waals surface area contributed by atoms with Gasteiger partial charge >= 0.3 is 0 Å². The molecule has 0 aliphatic rings. The molecular formula is C10H3Cl3O4. The van der Waals surface area contributed by atoms with Gasteiger partial charge in [0.15, 0.2) is 0 Å². The molecule has 0 atom stereocenters. The van der Waals surface area contributed by atoms with E-state index in [1.807, 2.05) is 0 Å². The SMILES string of the molecule is O=C(Cl)C(=O)c1cccc(C(=O)Cl)c1C(=O)Cl. The second-order valence-corrected chi connectivity index (χ2v) is 3.91. The highest BCUT2D eigenvalue weighted by Crippen LogP contribution is 2.20. The molecule has 4 nitrogen and oxygen atoms in total. The molecule has 0 saturated carbocycles. The van der Waals surface area contributed by atoms with Crippen molar-refractivity contribution in [1.82, 2.24) is 0 Å². The first-order valence-corrected chi connectivity index (χ1v) is 5.26. The van der Waals surface area contributed by atoms with Gasteiger partial charge in [0.1, 0.15) is 0 Å². The Morgan fingerprint density at radius 3 is 1.76 bits per heavy atom. The van der Waals surface area contributed by atoms with Gasteiger partial charge in [-0.1, -0.05) is 12.1 Å². The summed E-state index contributed by atoms with van der Waals surface area (Å²) in [5.41, 5.74) is -1.03. The van der Waals surface area contributed by atoms with Gasteiger partial charge in [-0.15, -0.1) is 0 Å². The number of rotatable bonds is 4. The van der Waals surface area contributed by atoms with E-state index >= 15 is 0 Å². The molecule has 0 N–H and O–H groups in total. The van der Waals surface area contributed by atoms with Gasteiger partial charge in [0.2, 0.25) is 5.78 Å². The summed E-state index contributed by atoms with van der Waals surface area (Å²) >= 11 is 15.5. The third-order valence-electron chi connectivity index (χ3n) is 1.90. The normalized spacial score (nSPS) is 9.82.